The molecule has 0 unspecified atom stereocenters. The van der Waals surface area contributed by atoms with Crippen LogP contribution in [0, 0.1) is 5.82 Å². The Hall–Kier alpha value is -4.43. The van der Waals surface area contributed by atoms with Gasteiger partial charge in [-0.2, -0.15) is 5.10 Å². The van der Waals surface area contributed by atoms with Gasteiger partial charge in [-0.25, -0.2) is 4.39 Å². The minimum Gasteiger partial charge on any atom is -0.352 e. The summed E-state index contributed by atoms with van der Waals surface area (Å²) in [4.78, 5) is 19.4. The number of rotatable bonds is 5. The van der Waals surface area contributed by atoms with Crippen molar-refractivity contribution in [1.29, 1.82) is 0 Å². The van der Waals surface area contributed by atoms with Gasteiger partial charge in [-0.15, -0.1) is 0 Å². The molecular weight excluding hydrogens is 465 g/mol. The number of H-pyrrole nitrogens is 2. The summed E-state index contributed by atoms with van der Waals surface area (Å²) in [5.74, 6) is -0.277. The van der Waals surface area contributed by atoms with Gasteiger partial charge in [0.05, 0.1) is 34.8 Å². The zero-order valence-electron chi connectivity index (χ0n) is 20.1. The van der Waals surface area contributed by atoms with Gasteiger partial charge in [0.15, 0.2) is 0 Å². The monoisotopic (exact) mass is 489 g/mol. The van der Waals surface area contributed by atoms with Crippen LogP contribution in [0.2, 0.25) is 0 Å². The van der Waals surface area contributed by atoms with Crippen molar-refractivity contribution in [2.45, 2.75) is 19.4 Å². The second-order valence-electron chi connectivity index (χ2n) is 9.56. The Labute approximate surface area is 212 Å². The van der Waals surface area contributed by atoms with Gasteiger partial charge in [-0.1, -0.05) is 18.2 Å². The van der Waals surface area contributed by atoms with E-state index in [0.29, 0.717) is 5.56 Å². The third-order valence-electron chi connectivity index (χ3n) is 7.11. The highest BCUT2D eigenvalue weighted by molar-refractivity contribution is 6.01. The number of halogens is 1. The van der Waals surface area contributed by atoms with Crippen LogP contribution in [0.4, 0.5) is 4.39 Å². The Bertz CT molecular complexity index is 1750. The largest absolute Gasteiger partial charge is 0.352 e. The van der Waals surface area contributed by atoms with Gasteiger partial charge in [-0.3, -0.25) is 25.0 Å². The average Bonchev–Trinajstić information content (AvgIpc) is 3.68. The van der Waals surface area contributed by atoms with Crippen molar-refractivity contribution >= 4 is 21.8 Å². The van der Waals surface area contributed by atoms with Gasteiger partial charge in [-0.05, 0) is 55.8 Å². The van der Waals surface area contributed by atoms with Crippen molar-refractivity contribution in [3.63, 3.8) is 0 Å². The van der Waals surface area contributed by atoms with Gasteiger partial charge in [0.2, 0.25) is 0 Å². The quantitative estimate of drug-likeness (QED) is 0.312. The first-order valence-electron chi connectivity index (χ1n) is 12.5. The second-order valence-corrected chi connectivity index (χ2v) is 9.56. The number of pyridine rings is 3. The fourth-order valence-corrected chi connectivity index (χ4v) is 5.27. The zero-order valence-corrected chi connectivity index (χ0v) is 20.1. The average molecular weight is 490 g/mol. The maximum atomic E-state index is 14.6. The molecule has 0 spiro atoms. The van der Waals surface area contributed by atoms with E-state index in [-0.39, 0.29) is 5.82 Å². The number of aromatic amines is 2. The molecule has 1 fully saturated rings. The molecule has 0 aliphatic carbocycles. The van der Waals surface area contributed by atoms with Gasteiger partial charge in [0.25, 0.3) is 0 Å². The number of fused-ring (bicyclic) bond motifs is 2. The minimum atomic E-state index is -0.277. The van der Waals surface area contributed by atoms with Gasteiger partial charge in [0.1, 0.15) is 11.5 Å². The van der Waals surface area contributed by atoms with Crippen molar-refractivity contribution in [3.8, 4) is 33.8 Å². The van der Waals surface area contributed by atoms with Crippen LogP contribution in [-0.2, 0) is 6.54 Å². The van der Waals surface area contributed by atoms with E-state index in [2.05, 4.69) is 41.1 Å². The predicted molar refractivity (Wildman–Crippen MR) is 142 cm³/mol. The fourth-order valence-electron chi connectivity index (χ4n) is 5.27. The number of aromatic nitrogens is 6. The summed E-state index contributed by atoms with van der Waals surface area (Å²) in [6.45, 7) is 3.20. The molecule has 0 amide bonds. The summed E-state index contributed by atoms with van der Waals surface area (Å²) < 4.78 is 14.6. The van der Waals surface area contributed by atoms with Gasteiger partial charge >= 0.3 is 0 Å². The molecule has 0 atom stereocenters. The lowest BCUT2D eigenvalue weighted by Gasteiger charge is -2.14. The lowest BCUT2D eigenvalue weighted by Crippen LogP contribution is -2.18. The van der Waals surface area contributed by atoms with Crippen LogP contribution in [0.1, 0.15) is 18.4 Å². The highest BCUT2D eigenvalue weighted by atomic mass is 19.1. The molecule has 0 radical (unpaired) electrons. The molecule has 5 aromatic heterocycles. The van der Waals surface area contributed by atoms with Crippen LogP contribution in [0.25, 0.3) is 55.6 Å². The molecular formula is C29H24FN7. The summed E-state index contributed by atoms with van der Waals surface area (Å²) in [6, 6.07) is 13.0. The van der Waals surface area contributed by atoms with Crippen LogP contribution in [0.5, 0.6) is 0 Å². The molecule has 6 heterocycles. The van der Waals surface area contributed by atoms with E-state index in [4.69, 9.17) is 0 Å². The minimum absolute atomic E-state index is 0.277. The van der Waals surface area contributed by atoms with Crippen molar-refractivity contribution in [2.24, 2.45) is 0 Å². The number of hydrogen-bond acceptors (Lipinski definition) is 5. The molecule has 1 aromatic carbocycles. The van der Waals surface area contributed by atoms with E-state index in [0.717, 1.165) is 69.6 Å². The van der Waals surface area contributed by atoms with Crippen molar-refractivity contribution in [1.82, 2.24) is 35.0 Å². The molecule has 8 heteroatoms. The van der Waals surface area contributed by atoms with E-state index >= 15 is 0 Å². The number of likely N-dealkylation sites (tertiary alicyclic amines) is 1. The van der Waals surface area contributed by atoms with E-state index < -0.39 is 0 Å². The summed E-state index contributed by atoms with van der Waals surface area (Å²) in [5, 5.41) is 9.52. The van der Waals surface area contributed by atoms with Crippen LogP contribution >= 0.6 is 0 Å². The molecule has 1 aliphatic heterocycles. The summed E-state index contributed by atoms with van der Waals surface area (Å²) >= 11 is 0. The van der Waals surface area contributed by atoms with Crippen LogP contribution in [-0.4, -0.2) is 48.1 Å². The Morgan fingerprint density at radius 3 is 2.59 bits per heavy atom. The molecule has 0 saturated carbocycles. The van der Waals surface area contributed by atoms with E-state index in [1.807, 2.05) is 36.8 Å². The number of nitrogens with one attached hydrogen (secondary N) is 2. The predicted octanol–water partition coefficient (Wildman–Crippen LogP) is 5.97. The summed E-state index contributed by atoms with van der Waals surface area (Å²) in [5.41, 5.74) is 7.53. The van der Waals surface area contributed by atoms with E-state index in [1.54, 1.807) is 24.5 Å². The third kappa shape index (κ3) is 3.95. The lowest BCUT2D eigenvalue weighted by molar-refractivity contribution is 0.331. The molecule has 6 aromatic rings. The molecule has 0 bridgehead atoms. The first-order chi connectivity index (χ1) is 18.2. The van der Waals surface area contributed by atoms with Crippen LogP contribution in [0.15, 0.2) is 73.4 Å². The van der Waals surface area contributed by atoms with Crippen molar-refractivity contribution in [3.05, 3.63) is 84.8 Å². The second kappa shape index (κ2) is 8.90. The Balaban J connectivity index is 1.29. The van der Waals surface area contributed by atoms with Crippen LogP contribution < -0.4 is 0 Å². The molecule has 1 aliphatic rings. The van der Waals surface area contributed by atoms with E-state index in [1.165, 1.54) is 24.5 Å². The fraction of sp³-hybridized carbons (Fsp3) is 0.172. The highest BCUT2D eigenvalue weighted by Crippen LogP contribution is 2.35. The van der Waals surface area contributed by atoms with E-state index in [9.17, 15) is 4.39 Å². The maximum absolute atomic E-state index is 14.6. The summed E-state index contributed by atoms with van der Waals surface area (Å²) in [6.07, 6.45) is 11.6. The molecule has 2 N–H and O–H groups in total. The number of nitrogens with zero attached hydrogens (tertiary/aromatic N) is 5. The normalized spacial score (nSPS) is 14.2. The molecule has 7 nitrogen and oxygen atoms in total. The SMILES string of the molecule is Fc1ccccc1-c1cncc2[nH]c(-c3n[nH]c4cnc(-c5cncc(CN6CCCC6)c5)cc34)cc12. The third-order valence-corrected chi connectivity index (χ3v) is 7.11. The smallest absolute Gasteiger partial charge is 0.131 e. The number of hydrogen-bond donors (Lipinski definition) is 2. The summed E-state index contributed by atoms with van der Waals surface area (Å²) in [7, 11) is 0. The van der Waals surface area contributed by atoms with Crippen LogP contribution in [0.3, 0.4) is 0 Å². The molecule has 37 heavy (non-hydrogen) atoms. The molecule has 182 valence electrons. The van der Waals surface area contributed by atoms with Crippen molar-refractivity contribution < 1.29 is 4.39 Å². The Kier molecular flexibility index (Phi) is 5.25. The van der Waals surface area contributed by atoms with Crippen molar-refractivity contribution in [2.75, 3.05) is 13.1 Å². The Morgan fingerprint density at radius 1 is 0.838 bits per heavy atom. The topological polar surface area (TPSA) is 86.4 Å². The molecule has 1 saturated heterocycles. The highest BCUT2D eigenvalue weighted by Gasteiger charge is 2.17. The van der Waals surface area contributed by atoms with Gasteiger partial charge < -0.3 is 4.98 Å². The first kappa shape index (κ1) is 21.8. The Morgan fingerprint density at radius 2 is 1.70 bits per heavy atom. The first-order valence-corrected chi connectivity index (χ1v) is 12.5. The maximum Gasteiger partial charge on any atom is 0.131 e. The standard InChI is InChI=1S/C29H24FN7/c30-24-6-2-1-5-20(24)23-14-32-15-27-21(23)10-26(34-27)29-22-11-25(33-16-28(22)35-36-29)19-9-18(12-31-13-19)17-37-7-3-4-8-37/h1-2,5-6,9-16,34H,3-4,7-8,17H2,(H,35,36). The number of benzene rings is 1. The zero-order chi connectivity index (χ0) is 24.8. The van der Waals surface area contributed by atoms with Gasteiger partial charge in [0, 0.05) is 52.6 Å². The molecule has 7 rings (SSSR count). The lowest BCUT2D eigenvalue weighted by atomic mass is 10.0.